The maximum Gasteiger partial charge on any atom is 0.304 e. The third-order valence-corrected chi connectivity index (χ3v) is 2.70. The lowest BCUT2D eigenvalue weighted by Crippen LogP contribution is -2.25. The first-order valence-corrected chi connectivity index (χ1v) is 5.81. The van der Waals surface area contributed by atoms with Crippen molar-refractivity contribution in [3.63, 3.8) is 0 Å². The molecule has 0 radical (unpaired) electrons. The SMILES string of the molecule is CCN(CCC(=O)O)Cc1ccc([N+](=O)[O-])c(F)c1. The number of carbonyl (C=O) groups is 1. The van der Waals surface area contributed by atoms with Crippen LogP contribution in [0.2, 0.25) is 0 Å². The Kier molecular flexibility index (Phi) is 5.37. The Balaban J connectivity index is 2.72. The lowest BCUT2D eigenvalue weighted by atomic mass is 10.2. The Morgan fingerprint density at radius 1 is 1.53 bits per heavy atom. The number of carboxylic acids is 1. The van der Waals surface area contributed by atoms with Gasteiger partial charge in [0.25, 0.3) is 0 Å². The fourth-order valence-electron chi connectivity index (χ4n) is 1.66. The van der Waals surface area contributed by atoms with Gasteiger partial charge in [-0.2, -0.15) is 4.39 Å². The van der Waals surface area contributed by atoms with Gasteiger partial charge < -0.3 is 5.11 Å². The van der Waals surface area contributed by atoms with Crippen molar-refractivity contribution in [3.8, 4) is 0 Å². The molecule has 0 aromatic heterocycles. The van der Waals surface area contributed by atoms with E-state index in [2.05, 4.69) is 0 Å². The number of nitrogens with zero attached hydrogens (tertiary/aromatic N) is 2. The average molecular weight is 270 g/mol. The number of carboxylic acid groups (broad SMARTS) is 1. The van der Waals surface area contributed by atoms with Crippen LogP contribution in [0.1, 0.15) is 18.9 Å². The van der Waals surface area contributed by atoms with Crippen molar-refractivity contribution in [2.24, 2.45) is 0 Å². The molecule has 104 valence electrons. The summed E-state index contributed by atoms with van der Waals surface area (Å²) in [4.78, 5) is 22.0. The zero-order valence-corrected chi connectivity index (χ0v) is 10.5. The Morgan fingerprint density at radius 2 is 2.21 bits per heavy atom. The minimum Gasteiger partial charge on any atom is -0.481 e. The number of nitro benzene ring substituents is 1. The summed E-state index contributed by atoms with van der Waals surface area (Å²) in [5.41, 5.74) is 0.0210. The molecule has 0 unspecified atom stereocenters. The molecule has 19 heavy (non-hydrogen) atoms. The van der Waals surface area contributed by atoms with Gasteiger partial charge in [0, 0.05) is 19.2 Å². The van der Waals surface area contributed by atoms with Crippen molar-refractivity contribution < 1.29 is 19.2 Å². The molecule has 0 heterocycles. The lowest BCUT2D eigenvalue weighted by Gasteiger charge is -2.19. The quantitative estimate of drug-likeness (QED) is 0.605. The van der Waals surface area contributed by atoms with Crippen molar-refractivity contribution >= 4 is 11.7 Å². The van der Waals surface area contributed by atoms with E-state index >= 15 is 0 Å². The summed E-state index contributed by atoms with van der Waals surface area (Å²) in [5, 5.41) is 19.1. The molecular formula is C12H15FN2O4. The van der Waals surface area contributed by atoms with Gasteiger partial charge in [-0.3, -0.25) is 19.8 Å². The van der Waals surface area contributed by atoms with Crippen molar-refractivity contribution in [1.29, 1.82) is 0 Å². The second kappa shape index (κ2) is 6.79. The number of benzene rings is 1. The molecule has 7 heteroatoms. The van der Waals surface area contributed by atoms with Gasteiger partial charge in [-0.15, -0.1) is 0 Å². The van der Waals surface area contributed by atoms with E-state index in [1.807, 2.05) is 11.8 Å². The van der Waals surface area contributed by atoms with Crippen LogP contribution in [0, 0.1) is 15.9 Å². The van der Waals surface area contributed by atoms with E-state index in [4.69, 9.17) is 5.11 Å². The number of hydrogen-bond acceptors (Lipinski definition) is 4. The molecule has 1 N–H and O–H groups in total. The van der Waals surface area contributed by atoms with Crippen LogP contribution in [0.15, 0.2) is 18.2 Å². The highest BCUT2D eigenvalue weighted by atomic mass is 19.1. The van der Waals surface area contributed by atoms with E-state index < -0.39 is 22.4 Å². The third kappa shape index (κ3) is 4.63. The van der Waals surface area contributed by atoms with E-state index in [9.17, 15) is 19.3 Å². The standard InChI is InChI=1S/C12H15FN2O4/c1-2-14(6-5-12(16)17)8-9-3-4-11(15(18)19)10(13)7-9/h3-4,7H,2,5-6,8H2,1H3,(H,16,17). The first-order chi connectivity index (χ1) is 8.93. The van der Waals surface area contributed by atoms with Crippen molar-refractivity contribution in [2.45, 2.75) is 19.9 Å². The Morgan fingerprint density at radius 3 is 2.68 bits per heavy atom. The Bertz CT molecular complexity index is 479. The minimum atomic E-state index is -0.895. The van der Waals surface area contributed by atoms with Gasteiger partial charge in [0.1, 0.15) is 0 Å². The summed E-state index contributed by atoms with van der Waals surface area (Å²) in [7, 11) is 0. The molecule has 1 aromatic carbocycles. The first-order valence-electron chi connectivity index (χ1n) is 5.81. The molecule has 1 aromatic rings. The summed E-state index contributed by atoms with van der Waals surface area (Å²) >= 11 is 0. The van der Waals surface area contributed by atoms with Gasteiger partial charge in [-0.25, -0.2) is 0 Å². The van der Waals surface area contributed by atoms with Gasteiger partial charge in [0.15, 0.2) is 0 Å². The van der Waals surface area contributed by atoms with Gasteiger partial charge in [-0.1, -0.05) is 13.0 Å². The van der Waals surface area contributed by atoms with Crippen LogP contribution in [-0.2, 0) is 11.3 Å². The topological polar surface area (TPSA) is 83.7 Å². The van der Waals surface area contributed by atoms with Gasteiger partial charge in [0.05, 0.1) is 11.3 Å². The second-order valence-electron chi connectivity index (χ2n) is 4.06. The van der Waals surface area contributed by atoms with Crippen LogP contribution in [0.5, 0.6) is 0 Å². The number of nitro groups is 1. The van der Waals surface area contributed by atoms with Crippen LogP contribution < -0.4 is 0 Å². The highest BCUT2D eigenvalue weighted by Crippen LogP contribution is 2.18. The zero-order chi connectivity index (χ0) is 14.4. The molecule has 0 fully saturated rings. The summed E-state index contributed by atoms with van der Waals surface area (Å²) in [6, 6.07) is 3.71. The number of halogens is 1. The van der Waals surface area contributed by atoms with E-state index in [1.54, 1.807) is 0 Å². The molecule has 0 bridgehead atoms. The fraction of sp³-hybridized carbons (Fsp3) is 0.417. The molecule has 0 amide bonds. The van der Waals surface area contributed by atoms with Gasteiger partial charge in [-0.05, 0) is 18.2 Å². The molecule has 0 atom stereocenters. The molecule has 0 aliphatic carbocycles. The van der Waals surface area contributed by atoms with E-state index in [0.29, 0.717) is 25.2 Å². The molecule has 0 saturated carbocycles. The average Bonchev–Trinajstić information content (AvgIpc) is 2.33. The fourth-order valence-corrected chi connectivity index (χ4v) is 1.66. The molecule has 0 saturated heterocycles. The van der Waals surface area contributed by atoms with E-state index in [0.717, 1.165) is 12.1 Å². The van der Waals surface area contributed by atoms with Crippen molar-refractivity contribution in [3.05, 3.63) is 39.7 Å². The van der Waals surface area contributed by atoms with Crippen LogP contribution in [0.3, 0.4) is 0 Å². The normalized spacial score (nSPS) is 10.7. The molecule has 1 rings (SSSR count). The molecule has 0 aliphatic heterocycles. The van der Waals surface area contributed by atoms with Crippen molar-refractivity contribution in [2.75, 3.05) is 13.1 Å². The predicted octanol–water partition coefficient (Wildman–Crippen LogP) is 2.03. The smallest absolute Gasteiger partial charge is 0.304 e. The van der Waals surface area contributed by atoms with E-state index in [1.165, 1.54) is 6.07 Å². The Hall–Kier alpha value is -2.02. The Labute approximate surface area is 109 Å². The third-order valence-electron chi connectivity index (χ3n) is 2.70. The summed E-state index contributed by atoms with van der Waals surface area (Å²) in [5.74, 6) is -1.77. The molecule has 6 nitrogen and oxygen atoms in total. The molecule has 0 aliphatic rings. The molecule has 0 spiro atoms. The van der Waals surface area contributed by atoms with Crippen LogP contribution in [0.25, 0.3) is 0 Å². The summed E-state index contributed by atoms with van der Waals surface area (Å²) in [6.45, 7) is 3.19. The first kappa shape index (κ1) is 15.0. The van der Waals surface area contributed by atoms with Gasteiger partial charge >= 0.3 is 11.7 Å². The van der Waals surface area contributed by atoms with Crippen LogP contribution in [0.4, 0.5) is 10.1 Å². The zero-order valence-electron chi connectivity index (χ0n) is 10.5. The monoisotopic (exact) mass is 270 g/mol. The number of aliphatic carboxylic acids is 1. The van der Waals surface area contributed by atoms with Crippen LogP contribution >= 0.6 is 0 Å². The van der Waals surface area contributed by atoms with Gasteiger partial charge in [0.2, 0.25) is 5.82 Å². The number of hydrogen-bond donors (Lipinski definition) is 1. The highest BCUT2D eigenvalue weighted by Gasteiger charge is 2.15. The molecular weight excluding hydrogens is 255 g/mol. The predicted molar refractivity (Wildman–Crippen MR) is 66.3 cm³/mol. The maximum atomic E-state index is 13.4. The van der Waals surface area contributed by atoms with E-state index in [-0.39, 0.29) is 6.42 Å². The maximum absolute atomic E-state index is 13.4. The summed E-state index contributed by atoms with van der Waals surface area (Å²) in [6.07, 6.45) is 0.00328. The second-order valence-corrected chi connectivity index (χ2v) is 4.06. The van der Waals surface area contributed by atoms with Crippen molar-refractivity contribution in [1.82, 2.24) is 4.90 Å². The lowest BCUT2D eigenvalue weighted by molar-refractivity contribution is -0.387. The summed E-state index contributed by atoms with van der Waals surface area (Å²) < 4.78 is 13.4. The minimum absolute atomic E-state index is 0.00328. The largest absolute Gasteiger partial charge is 0.481 e. The highest BCUT2D eigenvalue weighted by molar-refractivity contribution is 5.66. The number of rotatable bonds is 7. The van der Waals surface area contributed by atoms with Crippen LogP contribution in [-0.4, -0.2) is 34.0 Å².